The Balaban J connectivity index is 1.39. The van der Waals surface area contributed by atoms with Gasteiger partial charge in [-0.15, -0.1) is 0 Å². The van der Waals surface area contributed by atoms with Crippen molar-refractivity contribution < 1.29 is 9.47 Å². The van der Waals surface area contributed by atoms with E-state index in [4.69, 9.17) is 9.47 Å². The molecule has 0 unspecified atom stereocenters. The number of anilines is 2. The predicted octanol–water partition coefficient (Wildman–Crippen LogP) is 1.46. The van der Waals surface area contributed by atoms with E-state index < -0.39 is 0 Å². The molecule has 2 saturated heterocycles. The van der Waals surface area contributed by atoms with Crippen LogP contribution >= 0.6 is 0 Å². The Hall–Kier alpha value is -2.48. The zero-order valence-corrected chi connectivity index (χ0v) is 15.4. The van der Waals surface area contributed by atoms with Crippen molar-refractivity contribution in [3.05, 3.63) is 30.4 Å². The molecule has 8 nitrogen and oxygen atoms in total. The average Bonchev–Trinajstić information content (AvgIpc) is 2.60. The van der Waals surface area contributed by atoms with E-state index in [1.165, 1.54) is 0 Å². The molecule has 0 aliphatic carbocycles. The zero-order valence-electron chi connectivity index (χ0n) is 15.4. The van der Waals surface area contributed by atoms with Crippen LogP contribution in [0.3, 0.4) is 0 Å². The molecule has 0 bridgehead atoms. The highest BCUT2D eigenvalue weighted by Gasteiger charge is 2.49. The highest BCUT2D eigenvalue weighted by atomic mass is 16.5. The van der Waals surface area contributed by atoms with Gasteiger partial charge in [0.2, 0.25) is 0 Å². The smallest absolute Gasteiger partial charge is 0.316 e. The molecule has 26 heavy (non-hydrogen) atoms. The molecule has 2 fully saturated rings. The Morgan fingerprint density at radius 2 is 2.12 bits per heavy atom. The van der Waals surface area contributed by atoms with Crippen LogP contribution in [-0.2, 0) is 4.74 Å². The van der Waals surface area contributed by atoms with Crippen molar-refractivity contribution >= 4 is 11.6 Å². The van der Waals surface area contributed by atoms with Crippen LogP contribution in [0, 0.1) is 6.92 Å². The molecule has 2 aromatic heterocycles. The van der Waals surface area contributed by atoms with Crippen molar-refractivity contribution in [1.29, 1.82) is 0 Å². The average molecular weight is 356 g/mol. The van der Waals surface area contributed by atoms with Crippen LogP contribution in [0.5, 0.6) is 6.01 Å². The van der Waals surface area contributed by atoms with Gasteiger partial charge in [0.25, 0.3) is 0 Å². The lowest BCUT2D eigenvalue weighted by Gasteiger charge is -2.53. The summed E-state index contributed by atoms with van der Waals surface area (Å²) in [6.07, 6.45) is 5.12. The molecule has 0 aromatic carbocycles. The van der Waals surface area contributed by atoms with E-state index in [0.29, 0.717) is 12.6 Å². The third-order valence-electron chi connectivity index (χ3n) is 4.87. The minimum atomic E-state index is -0.171. The molecular weight excluding hydrogens is 332 g/mol. The summed E-state index contributed by atoms with van der Waals surface area (Å²) in [5.41, 5.74) is 0.739. The molecular formula is C18H24N6O2. The van der Waals surface area contributed by atoms with E-state index >= 15 is 0 Å². The van der Waals surface area contributed by atoms with Crippen LogP contribution in [0.15, 0.2) is 24.7 Å². The fourth-order valence-electron chi connectivity index (χ4n) is 3.50. The standard InChI is InChI=1S/C18H24N6O2/c1-13-4-6-19-17(22-13)26-14-5-7-25-18(9-14)10-24(11-18)16-8-15(23(2)3)20-12-21-16/h4,6,8,12,14H,5,7,9-11H2,1-3H3/t14-/m1/s1. The summed E-state index contributed by atoms with van der Waals surface area (Å²) in [5.74, 6) is 1.83. The SMILES string of the molecule is Cc1ccnc(O[C@@H]2CCOC3(C2)CN(c2cc(N(C)C)ncn2)C3)n1. The van der Waals surface area contributed by atoms with Gasteiger partial charge in [0.15, 0.2) is 0 Å². The number of hydrogen-bond donors (Lipinski definition) is 0. The molecule has 2 aliphatic heterocycles. The molecule has 138 valence electrons. The molecule has 0 radical (unpaired) electrons. The van der Waals surface area contributed by atoms with Gasteiger partial charge >= 0.3 is 6.01 Å². The number of ether oxygens (including phenoxy) is 2. The minimum absolute atomic E-state index is 0.0791. The Morgan fingerprint density at radius 3 is 2.88 bits per heavy atom. The molecule has 0 saturated carbocycles. The van der Waals surface area contributed by atoms with Crippen LogP contribution in [-0.4, -0.2) is 65.4 Å². The van der Waals surface area contributed by atoms with Crippen molar-refractivity contribution in [1.82, 2.24) is 19.9 Å². The molecule has 2 aliphatic rings. The second kappa shape index (κ2) is 6.68. The highest BCUT2D eigenvalue weighted by Crippen LogP contribution is 2.37. The van der Waals surface area contributed by atoms with Crippen molar-refractivity contribution in [3.63, 3.8) is 0 Å². The van der Waals surface area contributed by atoms with Gasteiger partial charge < -0.3 is 19.3 Å². The Bertz CT molecular complexity index is 778. The number of aromatic nitrogens is 4. The summed E-state index contributed by atoms with van der Waals surface area (Å²) < 4.78 is 12.1. The summed E-state index contributed by atoms with van der Waals surface area (Å²) in [6.45, 7) is 4.25. The van der Waals surface area contributed by atoms with Gasteiger partial charge in [0.1, 0.15) is 29.7 Å². The van der Waals surface area contributed by atoms with Crippen LogP contribution in [0.2, 0.25) is 0 Å². The topological polar surface area (TPSA) is 76.5 Å². The van der Waals surface area contributed by atoms with Crippen molar-refractivity contribution in [2.24, 2.45) is 0 Å². The lowest BCUT2D eigenvalue weighted by Crippen LogP contribution is -2.66. The van der Waals surface area contributed by atoms with Crippen LogP contribution in [0.4, 0.5) is 11.6 Å². The van der Waals surface area contributed by atoms with Crippen LogP contribution in [0.1, 0.15) is 18.5 Å². The summed E-state index contributed by atoms with van der Waals surface area (Å²) in [4.78, 5) is 21.4. The number of nitrogens with zero attached hydrogens (tertiary/aromatic N) is 6. The maximum Gasteiger partial charge on any atom is 0.316 e. The third kappa shape index (κ3) is 3.41. The van der Waals surface area contributed by atoms with Gasteiger partial charge in [-0.2, -0.15) is 0 Å². The maximum absolute atomic E-state index is 6.11. The lowest BCUT2D eigenvalue weighted by atomic mass is 9.84. The van der Waals surface area contributed by atoms with E-state index in [0.717, 1.165) is 43.3 Å². The summed E-state index contributed by atoms with van der Waals surface area (Å²) >= 11 is 0. The van der Waals surface area contributed by atoms with Gasteiger partial charge in [-0.25, -0.2) is 19.9 Å². The molecule has 2 aromatic rings. The molecule has 1 atom stereocenters. The second-order valence-corrected chi connectivity index (χ2v) is 7.23. The minimum Gasteiger partial charge on any atom is -0.460 e. The van der Waals surface area contributed by atoms with Gasteiger partial charge in [-0.3, -0.25) is 0 Å². The van der Waals surface area contributed by atoms with E-state index in [1.54, 1.807) is 12.5 Å². The van der Waals surface area contributed by atoms with Crippen molar-refractivity contribution in [2.45, 2.75) is 31.5 Å². The van der Waals surface area contributed by atoms with Crippen molar-refractivity contribution in [2.75, 3.05) is 43.6 Å². The summed E-state index contributed by atoms with van der Waals surface area (Å²) in [6, 6.07) is 4.32. The monoisotopic (exact) mass is 356 g/mol. The van der Waals surface area contributed by atoms with E-state index in [1.807, 2.05) is 38.1 Å². The van der Waals surface area contributed by atoms with E-state index in [-0.39, 0.29) is 11.7 Å². The van der Waals surface area contributed by atoms with E-state index in [9.17, 15) is 0 Å². The molecule has 0 N–H and O–H groups in total. The van der Waals surface area contributed by atoms with E-state index in [2.05, 4.69) is 24.8 Å². The molecule has 4 heterocycles. The Kier molecular flexibility index (Phi) is 4.36. The molecule has 4 rings (SSSR count). The molecule has 1 spiro atoms. The maximum atomic E-state index is 6.11. The van der Waals surface area contributed by atoms with Crippen molar-refractivity contribution in [3.8, 4) is 6.01 Å². The quantitative estimate of drug-likeness (QED) is 0.815. The van der Waals surface area contributed by atoms with Gasteiger partial charge in [0, 0.05) is 44.9 Å². The Morgan fingerprint density at radius 1 is 1.27 bits per heavy atom. The first-order chi connectivity index (χ1) is 12.5. The second-order valence-electron chi connectivity index (χ2n) is 7.23. The highest BCUT2D eigenvalue weighted by molar-refractivity contribution is 5.52. The first-order valence-electron chi connectivity index (χ1n) is 8.88. The molecule has 8 heteroatoms. The summed E-state index contributed by atoms with van der Waals surface area (Å²) in [5, 5.41) is 0. The number of hydrogen-bond acceptors (Lipinski definition) is 8. The largest absolute Gasteiger partial charge is 0.460 e. The third-order valence-corrected chi connectivity index (χ3v) is 4.87. The predicted molar refractivity (Wildman–Crippen MR) is 97.7 cm³/mol. The van der Waals surface area contributed by atoms with Crippen LogP contribution < -0.4 is 14.5 Å². The Labute approximate surface area is 153 Å². The van der Waals surface area contributed by atoms with Crippen LogP contribution in [0.25, 0.3) is 0 Å². The lowest BCUT2D eigenvalue weighted by molar-refractivity contribution is -0.127. The van der Waals surface area contributed by atoms with Gasteiger partial charge in [0.05, 0.1) is 19.7 Å². The molecule has 0 amide bonds. The fraction of sp³-hybridized carbons (Fsp3) is 0.556. The first kappa shape index (κ1) is 17.0. The number of aryl methyl sites for hydroxylation is 1. The first-order valence-corrected chi connectivity index (χ1v) is 8.88. The van der Waals surface area contributed by atoms with Gasteiger partial charge in [-0.05, 0) is 13.0 Å². The van der Waals surface area contributed by atoms with Gasteiger partial charge in [-0.1, -0.05) is 0 Å². The normalized spacial score (nSPS) is 21.3. The number of rotatable bonds is 4. The summed E-state index contributed by atoms with van der Waals surface area (Å²) in [7, 11) is 3.95. The zero-order chi connectivity index (χ0) is 18.1. The fourth-order valence-corrected chi connectivity index (χ4v) is 3.50.